The second-order valence-electron chi connectivity index (χ2n) is 12.0. The van der Waals surface area contributed by atoms with Crippen LogP contribution in [-0.4, -0.2) is 108 Å². The molecule has 1 atom stereocenters. The highest BCUT2D eigenvalue weighted by Crippen LogP contribution is 2.40. The molecule has 1 aromatic carbocycles. The molecule has 2 saturated heterocycles. The van der Waals surface area contributed by atoms with Gasteiger partial charge in [0.25, 0.3) is 5.91 Å². The number of phenols is 1. The summed E-state index contributed by atoms with van der Waals surface area (Å²) in [6, 6.07) is 1.89. The summed E-state index contributed by atoms with van der Waals surface area (Å²) < 4.78 is 46.5. The second kappa shape index (κ2) is 13.6. The average molecular weight is 672 g/mol. The van der Waals surface area contributed by atoms with E-state index in [-0.39, 0.29) is 43.2 Å². The van der Waals surface area contributed by atoms with Crippen LogP contribution in [-0.2, 0) is 28.5 Å². The van der Waals surface area contributed by atoms with Crippen molar-refractivity contribution in [2.75, 3.05) is 52.1 Å². The molecule has 0 spiro atoms. The summed E-state index contributed by atoms with van der Waals surface area (Å²) in [5, 5.41) is 16.3. The van der Waals surface area contributed by atoms with Gasteiger partial charge in [0.1, 0.15) is 5.75 Å². The van der Waals surface area contributed by atoms with Crippen molar-refractivity contribution < 1.29 is 37.4 Å². The maximum Gasteiger partial charge on any atom is 0.420 e. The summed E-state index contributed by atoms with van der Waals surface area (Å²) in [5.74, 6) is -1.60. The van der Waals surface area contributed by atoms with E-state index in [0.717, 1.165) is 29.8 Å². The number of benzene rings is 1. The summed E-state index contributed by atoms with van der Waals surface area (Å²) in [4.78, 5) is 46.9. The first-order valence-electron chi connectivity index (χ1n) is 14.9. The van der Waals surface area contributed by atoms with Crippen molar-refractivity contribution in [1.29, 1.82) is 0 Å². The summed E-state index contributed by atoms with van der Waals surface area (Å²) in [5.41, 5.74) is 0.589. The molecule has 2 fully saturated rings. The van der Waals surface area contributed by atoms with Crippen molar-refractivity contribution in [1.82, 2.24) is 19.6 Å². The van der Waals surface area contributed by atoms with Crippen LogP contribution in [0.3, 0.4) is 0 Å². The number of amides is 4. The monoisotopic (exact) mass is 671 g/mol. The Balaban J connectivity index is 1.27. The maximum atomic E-state index is 13.7. The highest BCUT2D eigenvalue weighted by Gasteiger charge is 2.38. The Bertz CT molecular complexity index is 1410. The molecule has 5 rings (SSSR count). The Morgan fingerprint density at radius 3 is 2.40 bits per heavy atom. The molecule has 0 unspecified atom stereocenters. The molecule has 0 radical (unpaired) electrons. The molecule has 2 aromatic rings. The summed E-state index contributed by atoms with van der Waals surface area (Å²) in [7, 11) is 3.92. The Kier molecular flexibility index (Phi) is 10.0. The fourth-order valence-electron chi connectivity index (χ4n) is 6.25. The van der Waals surface area contributed by atoms with Gasteiger partial charge in [-0.3, -0.25) is 4.79 Å². The number of likely N-dealkylation sites (tertiary alicyclic amines) is 2. The number of carbonyl (C=O) groups is 3. The topological polar surface area (TPSA) is 106 Å². The van der Waals surface area contributed by atoms with E-state index in [9.17, 15) is 32.7 Å². The molecule has 3 aliphatic rings. The molecule has 2 N–H and O–H groups in total. The predicted octanol–water partition coefficient (Wildman–Crippen LogP) is 5.28. The number of nitrogens with zero attached hydrogens (tertiary/aromatic N) is 4. The molecule has 3 aliphatic heterocycles. The lowest BCUT2D eigenvalue weighted by molar-refractivity contribution is -0.142. The average Bonchev–Trinajstić information content (AvgIpc) is 3.37. The first kappa shape index (κ1) is 33.1. The molecular weight excluding hydrogens is 635 g/mol. The summed E-state index contributed by atoms with van der Waals surface area (Å²) in [6.45, 7) is 1.95. The molecule has 0 aliphatic carbocycles. The van der Waals surface area contributed by atoms with Crippen LogP contribution >= 0.6 is 22.9 Å². The number of halogens is 4. The maximum absolute atomic E-state index is 13.7. The number of hydrogen-bond donors (Lipinski definition) is 2. The predicted molar refractivity (Wildman–Crippen MR) is 164 cm³/mol. The van der Waals surface area contributed by atoms with Crippen molar-refractivity contribution in [2.24, 2.45) is 0 Å². The number of carbonyl (C=O) groups excluding carboxylic acids is 3. The Morgan fingerprint density at radius 2 is 1.76 bits per heavy atom. The van der Waals surface area contributed by atoms with Gasteiger partial charge in [0.15, 0.2) is 6.10 Å². The van der Waals surface area contributed by atoms with E-state index in [1.807, 2.05) is 24.9 Å². The second-order valence-corrected chi connectivity index (χ2v) is 13.1. The molecular formula is C30H37ClF3N5O5S. The van der Waals surface area contributed by atoms with Gasteiger partial charge in [-0.05, 0) is 74.8 Å². The first-order chi connectivity index (χ1) is 21.3. The van der Waals surface area contributed by atoms with Gasteiger partial charge in [-0.1, -0.05) is 11.6 Å². The van der Waals surface area contributed by atoms with Crippen molar-refractivity contribution in [3.05, 3.63) is 44.6 Å². The largest absolute Gasteiger partial charge is 0.506 e. The number of aromatic hydroxyl groups is 1. The number of hydrogen-bond acceptors (Lipinski definition) is 7. The lowest BCUT2D eigenvalue weighted by atomic mass is 10.0. The minimum Gasteiger partial charge on any atom is -0.506 e. The number of anilines is 1. The molecule has 4 heterocycles. The van der Waals surface area contributed by atoms with Crippen LogP contribution in [0.5, 0.6) is 5.75 Å². The van der Waals surface area contributed by atoms with Crippen LogP contribution in [0.4, 0.5) is 28.4 Å². The van der Waals surface area contributed by atoms with E-state index in [4.69, 9.17) is 16.3 Å². The van der Waals surface area contributed by atoms with E-state index in [0.29, 0.717) is 45.3 Å². The number of nitrogens with one attached hydrogen (secondary N) is 1. The zero-order valence-electron chi connectivity index (χ0n) is 25.1. The van der Waals surface area contributed by atoms with E-state index >= 15 is 0 Å². The van der Waals surface area contributed by atoms with Crippen molar-refractivity contribution in [3.63, 3.8) is 0 Å². The number of alkyl halides is 3. The number of urea groups is 1. The molecule has 15 heteroatoms. The molecule has 1 aromatic heterocycles. The molecule has 0 bridgehead atoms. The highest BCUT2D eigenvalue weighted by atomic mass is 35.5. The van der Waals surface area contributed by atoms with E-state index < -0.39 is 40.6 Å². The third kappa shape index (κ3) is 7.60. The van der Waals surface area contributed by atoms with Gasteiger partial charge in [-0.2, -0.15) is 13.2 Å². The van der Waals surface area contributed by atoms with Gasteiger partial charge < -0.3 is 34.8 Å². The van der Waals surface area contributed by atoms with Crippen LogP contribution in [0.15, 0.2) is 22.9 Å². The van der Waals surface area contributed by atoms with Gasteiger partial charge in [0.05, 0.1) is 16.3 Å². The van der Waals surface area contributed by atoms with E-state index in [2.05, 4.69) is 10.2 Å². The minimum absolute atomic E-state index is 0.00117. The van der Waals surface area contributed by atoms with Gasteiger partial charge in [-0.25, -0.2) is 9.59 Å². The fourth-order valence-corrected chi connectivity index (χ4v) is 7.32. The number of piperidine rings is 2. The van der Waals surface area contributed by atoms with Gasteiger partial charge in [0.2, 0.25) is 0 Å². The SMILES string of the molecule is CN(C)C1CCN(C(=O)[C@@H](Cc2cc(Cl)c(O)c(C(F)(F)F)c2)OC(=O)N2CCC(N3CCc4cscc4NC3=O)CC2)CC1. The standard InChI is InChI=1S/C30H37ClF3N5O5S/c1-36(2)20-4-8-37(9-5-20)27(41)25(15-18-13-22(30(32,33)34)26(40)23(31)14-18)44-29(43)38-10-6-21(7-11-38)39-12-3-19-16-45-17-24(19)35-28(39)42/h13-14,16-17,20-21,25,40H,3-12,15H2,1-2H3,(H,35,42)/t25-/m1/s1. The van der Waals surface area contributed by atoms with E-state index in [1.54, 1.807) is 9.80 Å². The van der Waals surface area contributed by atoms with Crippen molar-refractivity contribution in [2.45, 2.75) is 62.9 Å². The zero-order chi connectivity index (χ0) is 32.5. The number of rotatable bonds is 6. The van der Waals surface area contributed by atoms with Crippen molar-refractivity contribution in [3.8, 4) is 5.75 Å². The van der Waals surface area contributed by atoms with Gasteiger partial charge in [0, 0.05) is 56.6 Å². The van der Waals surface area contributed by atoms with Crippen LogP contribution in [0.2, 0.25) is 5.02 Å². The quantitative estimate of drug-likeness (QED) is 0.433. The van der Waals surface area contributed by atoms with Crippen molar-refractivity contribution >= 4 is 46.7 Å². The molecule has 10 nitrogen and oxygen atoms in total. The summed E-state index contributed by atoms with van der Waals surface area (Å²) in [6.07, 6.45) is -4.23. The Morgan fingerprint density at radius 1 is 1.09 bits per heavy atom. The number of thiophene rings is 1. The highest BCUT2D eigenvalue weighted by molar-refractivity contribution is 7.08. The van der Waals surface area contributed by atoms with Gasteiger partial charge in [-0.15, -0.1) is 11.3 Å². The first-order valence-corrected chi connectivity index (χ1v) is 16.3. The van der Waals surface area contributed by atoms with Crippen LogP contribution in [0, 0.1) is 0 Å². The third-order valence-corrected chi connectivity index (χ3v) is 9.99. The lowest BCUT2D eigenvalue weighted by Gasteiger charge is -2.39. The molecule has 246 valence electrons. The Labute approximate surface area is 268 Å². The normalized spacial score (nSPS) is 19.3. The lowest BCUT2D eigenvalue weighted by Crippen LogP contribution is -2.52. The Hall–Kier alpha value is -3.23. The minimum atomic E-state index is -4.88. The van der Waals surface area contributed by atoms with Gasteiger partial charge >= 0.3 is 18.3 Å². The van der Waals surface area contributed by atoms with E-state index in [1.165, 1.54) is 16.2 Å². The summed E-state index contributed by atoms with van der Waals surface area (Å²) >= 11 is 7.47. The number of ether oxygens (including phenoxy) is 1. The third-order valence-electron chi connectivity index (χ3n) is 8.90. The molecule has 45 heavy (non-hydrogen) atoms. The zero-order valence-corrected chi connectivity index (χ0v) is 26.7. The molecule has 4 amide bonds. The van der Waals surface area contributed by atoms with Crippen LogP contribution in [0.1, 0.15) is 42.4 Å². The van der Waals surface area contributed by atoms with Crippen LogP contribution < -0.4 is 5.32 Å². The smallest absolute Gasteiger partial charge is 0.420 e. The number of phenolic OH excluding ortho intramolecular Hbond substituents is 1. The van der Waals surface area contributed by atoms with Crippen LogP contribution in [0.25, 0.3) is 0 Å². The number of fused-ring (bicyclic) bond motifs is 1. The molecule has 0 saturated carbocycles. The fraction of sp³-hybridized carbons (Fsp3) is 0.567.